The zero-order chi connectivity index (χ0) is 15.2. The van der Waals surface area contributed by atoms with Crippen LogP contribution in [0.3, 0.4) is 0 Å². The van der Waals surface area contributed by atoms with E-state index < -0.39 is 11.4 Å². The van der Waals surface area contributed by atoms with Gasteiger partial charge in [0.15, 0.2) is 0 Å². The van der Waals surface area contributed by atoms with Gasteiger partial charge in [-0.1, -0.05) is 30.3 Å². The minimum Gasteiger partial charge on any atom is -0.464 e. The maximum absolute atomic E-state index is 12.6. The maximum Gasteiger partial charge on any atom is 0.329 e. The van der Waals surface area contributed by atoms with Crippen molar-refractivity contribution in [3.8, 4) is 0 Å². The summed E-state index contributed by atoms with van der Waals surface area (Å²) in [6.07, 6.45) is 0. The second-order valence-corrected chi connectivity index (χ2v) is 6.23. The molecule has 1 saturated heterocycles. The van der Waals surface area contributed by atoms with E-state index >= 15 is 0 Å². The zero-order valence-corrected chi connectivity index (χ0v) is 13.4. The zero-order valence-electron chi connectivity index (χ0n) is 11.8. The van der Waals surface area contributed by atoms with Crippen LogP contribution in [0.25, 0.3) is 0 Å². The summed E-state index contributed by atoms with van der Waals surface area (Å²) in [6, 6.07) is 8.64. The molecule has 1 aromatic carbocycles. The average Bonchev–Trinajstić information content (AvgIpc) is 2.54. The Kier molecular flexibility index (Phi) is 5.94. The van der Waals surface area contributed by atoms with E-state index in [-0.39, 0.29) is 11.9 Å². The van der Waals surface area contributed by atoms with Crippen LogP contribution < -0.4 is 0 Å². The Hall–Kier alpha value is -1.20. The number of carbonyl (C=O) groups excluding carboxylic acids is 2. The number of nitrogens with zero attached hydrogens (tertiary/aromatic N) is 1. The van der Waals surface area contributed by atoms with Crippen LogP contribution in [0.5, 0.6) is 0 Å². The summed E-state index contributed by atoms with van der Waals surface area (Å²) >= 11 is 7.94. The number of rotatable bonds is 4. The SMILES string of the molecule is CCOC(=O)C1CSCCN1C(=O)C(Cl)c1ccccc1. The van der Waals surface area contributed by atoms with Crippen LogP contribution in [0.2, 0.25) is 0 Å². The van der Waals surface area contributed by atoms with Crippen LogP contribution in [0, 0.1) is 0 Å². The molecule has 0 aliphatic carbocycles. The fourth-order valence-electron chi connectivity index (χ4n) is 2.21. The van der Waals surface area contributed by atoms with Gasteiger partial charge in [0.25, 0.3) is 0 Å². The number of thioether (sulfide) groups is 1. The molecule has 0 spiro atoms. The highest BCUT2D eigenvalue weighted by Crippen LogP contribution is 2.27. The van der Waals surface area contributed by atoms with Crippen molar-refractivity contribution in [1.82, 2.24) is 4.90 Å². The molecule has 0 N–H and O–H groups in total. The number of hydrogen-bond acceptors (Lipinski definition) is 4. The third-order valence-electron chi connectivity index (χ3n) is 3.28. The number of benzene rings is 1. The van der Waals surface area contributed by atoms with Gasteiger partial charge in [0, 0.05) is 18.1 Å². The van der Waals surface area contributed by atoms with E-state index in [1.165, 1.54) is 0 Å². The molecular weight excluding hydrogens is 310 g/mol. The Morgan fingerprint density at radius 2 is 2.14 bits per heavy atom. The van der Waals surface area contributed by atoms with Gasteiger partial charge < -0.3 is 9.64 Å². The molecule has 2 unspecified atom stereocenters. The van der Waals surface area contributed by atoms with Crippen LogP contribution in [-0.4, -0.2) is 47.5 Å². The molecule has 2 rings (SSSR count). The summed E-state index contributed by atoms with van der Waals surface area (Å²) in [5.41, 5.74) is 0.741. The predicted octanol–water partition coefficient (Wildman–Crippen LogP) is 2.47. The first kappa shape index (κ1) is 16.2. The van der Waals surface area contributed by atoms with Crippen molar-refractivity contribution in [1.29, 1.82) is 0 Å². The Bertz CT molecular complexity index is 497. The van der Waals surface area contributed by atoms with Gasteiger partial charge in [-0.05, 0) is 12.5 Å². The van der Waals surface area contributed by atoms with Gasteiger partial charge in [-0.2, -0.15) is 11.8 Å². The van der Waals surface area contributed by atoms with Gasteiger partial charge >= 0.3 is 5.97 Å². The molecule has 0 bridgehead atoms. The highest BCUT2D eigenvalue weighted by Gasteiger charge is 2.36. The molecule has 4 nitrogen and oxygen atoms in total. The molecule has 1 fully saturated rings. The second-order valence-electron chi connectivity index (χ2n) is 4.65. The van der Waals surface area contributed by atoms with E-state index in [0.29, 0.717) is 18.9 Å². The molecule has 21 heavy (non-hydrogen) atoms. The van der Waals surface area contributed by atoms with Gasteiger partial charge in [-0.25, -0.2) is 4.79 Å². The summed E-state index contributed by atoms with van der Waals surface area (Å²) in [4.78, 5) is 26.1. The molecular formula is C15H18ClNO3S. The molecule has 1 amide bonds. The smallest absolute Gasteiger partial charge is 0.329 e. The topological polar surface area (TPSA) is 46.6 Å². The van der Waals surface area contributed by atoms with Crippen LogP contribution in [0.1, 0.15) is 17.9 Å². The van der Waals surface area contributed by atoms with Gasteiger partial charge in [-0.3, -0.25) is 4.79 Å². The van der Waals surface area contributed by atoms with Crippen molar-refractivity contribution in [2.45, 2.75) is 18.3 Å². The van der Waals surface area contributed by atoms with E-state index in [2.05, 4.69) is 0 Å². The number of esters is 1. The lowest BCUT2D eigenvalue weighted by atomic mass is 10.1. The minimum atomic E-state index is -0.772. The number of ether oxygens (including phenoxy) is 1. The second kappa shape index (κ2) is 7.71. The predicted molar refractivity (Wildman–Crippen MR) is 84.5 cm³/mol. The fourth-order valence-corrected chi connectivity index (χ4v) is 3.51. The van der Waals surface area contributed by atoms with E-state index in [1.54, 1.807) is 23.6 Å². The normalized spacial score (nSPS) is 19.9. The monoisotopic (exact) mass is 327 g/mol. The van der Waals surface area contributed by atoms with E-state index in [9.17, 15) is 9.59 Å². The lowest BCUT2D eigenvalue weighted by molar-refractivity contribution is -0.153. The summed E-state index contributed by atoms with van der Waals surface area (Å²) in [5, 5.41) is -0.772. The lowest BCUT2D eigenvalue weighted by Gasteiger charge is -2.34. The fraction of sp³-hybridized carbons (Fsp3) is 0.467. The van der Waals surface area contributed by atoms with Crippen LogP contribution in [0.4, 0.5) is 0 Å². The Morgan fingerprint density at radius 1 is 1.43 bits per heavy atom. The largest absolute Gasteiger partial charge is 0.464 e. The molecule has 1 aliphatic heterocycles. The quantitative estimate of drug-likeness (QED) is 0.629. The molecule has 1 aliphatic rings. The lowest BCUT2D eigenvalue weighted by Crippen LogP contribution is -2.51. The van der Waals surface area contributed by atoms with Crippen molar-refractivity contribution in [2.75, 3.05) is 24.7 Å². The molecule has 1 aromatic rings. The summed E-state index contributed by atoms with van der Waals surface area (Å²) in [6.45, 7) is 2.59. The summed E-state index contributed by atoms with van der Waals surface area (Å²) in [5.74, 6) is 0.777. The van der Waals surface area contributed by atoms with Crippen molar-refractivity contribution in [3.05, 3.63) is 35.9 Å². The van der Waals surface area contributed by atoms with Crippen molar-refractivity contribution in [3.63, 3.8) is 0 Å². The molecule has 1 heterocycles. The molecule has 0 aromatic heterocycles. The maximum atomic E-state index is 12.6. The average molecular weight is 328 g/mol. The number of halogens is 1. The molecule has 0 radical (unpaired) electrons. The third-order valence-corrected chi connectivity index (χ3v) is 4.74. The number of alkyl halides is 1. The minimum absolute atomic E-state index is 0.235. The Morgan fingerprint density at radius 3 is 2.81 bits per heavy atom. The molecule has 6 heteroatoms. The van der Waals surface area contributed by atoms with Gasteiger partial charge in [0.2, 0.25) is 5.91 Å². The number of amides is 1. The standard InChI is InChI=1S/C15H18ClNO3S/c1-2-20-15(19)12-10-21-9-8-17(12)14(18)13(16)11-6-4-3-5-7-11/h3-7,12-13H,2,8-10H2,1H3. The Balaban J connectivity index is 2.13. The van der Waals surface area contributed by atoms with Gasteiger partial charge in [0.05, 0.1) is 6.61 Å². The Labute approximate surface area is 133 Å². The summed E-state index contributed by atoms with van der Waals surface area (Å²) in [7, 11) is 0. The third kappa shape index (κ3) is 3.92. The molecule has 0 saturated carbocycles. The van der Waals surface area contributed by atoms with E-state index in [4.69, 9.17) is 16.3 Å². The van der Waals surface area contributed by atoms with Crippen molar-refractivity contribution in [2.24, 2.45) is 0 Å². The highest BCUT2D eigenvalue weighted by atomic mass is 35.5. The first-order chi connectivity index (χ1) is 10.1. The van der Waals surface area contributed by atoms with Crippen molar-refractivity contribution >= 4 is 35.2 Å². The van der Waals surface area contributed by atoms with Gasteiger partial charge in [-0.15, -0.1) is 11.6 Å². The van der Waals surface area contributed by atoms with E-state index in [1.807, 2.05) is 30.3 Å². The van der Waals surface area contributed by atoms with Crippen LogP contribution in [-0.2, 0) is 14.3 Å². The summed E-state index contributed by atoms with van der Waals surface area (Å²) < 4.78 is 5.06. The first-order valence-corrected chi connectivity index (χ1v) is 8.48. The van der Waals surface area contributed by atoms with Crippen LogP contribution in [0.15, 0.2) is 30.3 Å². The number of hydrogen-bond donors (Lipinski definition) is 0. The van der Waals surface area contributed by atoms with E-state index in [0.717, 1.165) is 11.3 Å². The number of carbonyl (C=O) groups is 2. The van der Waals surface area contributed by atoms with Crippen LogP contribution >= 0.6 is 23.4 Å². The van der Waals surface area contributed by atoms with Crippen molar-refractivity contribution < 1.29 is 14.3 Å². The van der Waals surface area contributed by atoms with Gasteiger partial charge in [0.1, 0.15) is 11.4 Å². The first-order valence-electron chi connectivity index (χ1n) is 6.89. The highest BCUT2D eigenvalue weighted by molar-refractivity contribution is 7.99. The molecule has 2 atom stereocenters. The molecule has 114 valence electrons.